The lowest BCUT2D eigenvalue weighted by Crippen LogP contribution is -2.44. The number of carbonyl (C=O) groups excluding carboxylic acids is 1. The minimum atomic E-state index is -0.299. The summed E-state index contributed by atoms with van der Waals surface area (Å²) in [6.45, 7) is 8.55. The fraction of sp³-hybridized carbons (Fsp3) is 0.533. The van der Waals surface area contributed by atoms with Crippen molar-refractivity contribution in [3.8, 4) is 0 Å². The fourth-order valence-corrected chi connectivity index (χ4v) is 2.18. The number of hydrogen-bond acceptors (Lipinski definition) is 2. The summed E-state index contributed by atoms with van der Waals surface area (Å²) < 4.78 is 13.6. The van der Waals surface area contributed by atoms with Gasteiger partial charge >= 0.3 is 0 Å². The van der Waals surface area contributed by atoms with Gasteiger partial charge in [0.25, 0.3) is 0 Å². The van der Waals surface area contributed by atoms with Crippen LogP contribution in [0.5, 0.6) is 0 Å². The normalized spacial score (nSPS) is 14.2. The van der Waals surface area contributed by atoms with Gasteiger partial charge in [0.1, 0.15) is 5.82 Å². The van der Waals surface area contributed by atoms with E-state index in [1.807, 2.05) is 13.8 Å². The molecule has 0 fully saturated rings. The van der Waals surface area contributed by atoms with E-state index in [1.54, 1.807) is 12.1 Å². The van der Waals surface area contributed by atoms with Crippen molar-refractivity contribution in [1.82, 2.24) is 10.6 Å². The van der Waals surface area contributed by atoms with Crippen molar-refractivity contribution in [3.63, 3.8) is 0 Å². The number of rotatable bonds is 6. The Morgan fingerprint density at radius 1 is 1.30 bits per heavy atom. The zero-order chi connectivity index (χ0) is 15.3. The Labute approximate surface area is 128 Å². The number of halogens is 2. The predicted octanol–water partition coefficient (Wildman–Crippen LogP) is 3.40. The molecular weight excluding hydrogens is 323 g/mol. The summed E-state index contributed by atoms with van der Waals surface area (Å²) >= 11 is 3.17. The Kier molecular flexibility index (Phi) is 6.62. The van der Waals surface area contributed by atoms with Crippen LogP contribution in [0.3, 0.4) is 0 Å². The fourth-order valence-electron chi connectivity index (χ4n) is 1.79. The molecule has 0 saturated carbocycles. The van der Waals surface area contributed by atoms with Crippen LogP contribution in [0, 0.1) is 11.7 Å². The third kappa shape index (κ3) is 5.21. The van der Waals surface area contributed by atoms with Gasteiger partial charge in [0.2, 0.25) is 5.91 Å². The monoisotopic (exact) mass is 344 g/mol. The van der Waals surface area contributed by atoms with Crippen LogP contribution in [0.2, 0.25) is 0 Å². The number of amides is 1. The van der Waals surface area contributed by atoms with Gasteiger partial charge in [-0.05, 0) is 53.4 Å². The minimum Gasteiger partial charge on any atom is -0.354 e. The summed E-state index contributed by atoms with van der Waals surface area (Å²) in [7, 11) is 0. The number of benzene rings is 1. The Bertz CT molecular complexity index is 465. The topological polar surface area (TPSA) is 41.1 Å². The second-order valence-corrected chi connectivity index (χ2v) is 6.28. The van der Waals surface area contributed by atoms with E-state index < -0.39 is 0 Å². The van der Waals surface area contributed by atoms with Crippen molar-refractivity contribution in [3.05, 3.63) is 34.1 Å². The summed E-state index contributed by atoms with van der Waals surface area (Å²) in [6, 6.07) is 4.53. The first-order chi connectivity index (χ1) is 9.31. The lowest BCUT2D eigenvalue weighted by Gasteiger charge is -2.20. The van der Waals surface area contributed by atoms with E-state index in [1.165, 1.54) is 6.07 Å². The predicted molar refractivity (Wildman–Crippen MR) is 83.0 cm³/mol. The van der Waals surface area contributed by atoms with Crippen LogP contribution in [0.4, 0.5) is 4.39 Å². The minimum absolute atomic E-state index is 0.0215. The highest BCUT2D eigenvalue weighted by atomic mass is 79.9. The molecule has 0 aliphatic heterocycles. The molecule has 2 unspecified atom stereocenters. The highest BCUT2D eigenvalue weighted by Crippen LogP contribution is 2.21. The van der Waals surface area contributed by atoms with Gasteiger partial charge in [-0.2, -0.15) is 0 Å². The van der Waals surface area contributed by atoms with Crippen molar-refractivity contribution < 1.29 is 9.18 Å². The summed E-state index contributed by atoms with van der Waals surface area (Å²) in [6.07, 6.45) is 0. The van der Waals surface area contributed by atoms with E-state index in [-0.39, 0.29) is 23.8 Å². The van der Waals surface area contributed by atoms with Gasteiger partial charge in [-0.25, -0.2) is 4.39 Å². The smallest absolute Gasteiger partial charge is 0.236 e. The first-order valence-electron chi connectivity index (χ1n) is 6.80. The van der Waals surface area contributed by atoms with Crippen LogP contribution in [0.1, 0.15) is 39.3 Å². The quantitative estimate of drug-likeness (QED) is 0.830. The number of nitrogens with one attached hydrogen (secondary N) is 2. The van der Waals surface area contributed by atoms with Crippen LogP contribution >= 0.6 is 15.9 Å². The van der Waals surface area contributed by atoms with Gasteiger partial charge in [-0.15, -0.1) is 0 Å². The lowest BCUT2D eigenvalue weighted by molar-refractivity contribution is -0.123. The van der Waals surface area contributed by atoms with Gasteiger partial charge in [0, 0.05) is 12.6 Å². The van der Waals surface area contributed by atoms with E-state index in [2.05, 4.69) is 40.4 Å². The number of carbonyl (C=O) groups is 1. The molecule has 0 aliphatic rings. The molecule has 1 aromatic rings. The summed E-state index contributed by atoms with van der Waals surface area (Å²) in [4.78, 5) is 11.9. The average Bonchev–Trinajstić information content (AvgIpc) is 2.38. The molecule has 2 atom stereocenters. The maximum Gasteiger partial charge on any atom is 0.236 e. The number of hydrogen-bond donors (Lipinski definition) is 2. The van der Waals surface area contributed by atoms with Crippen molar-refractivity contribution in [1.29, 1.82) is 0 Å². The van der Waals surface area contributed by atoms with Gasteiger partial charge in [0.05, 0.1) is 10.5 Å². The van der Waals surface area contributed by atoms with Crippen LogP contribution < -0.4 is 10.6 Å². The van der Waals surface area contributed by atoms with Crippen LogP contribution in [0.25, 0.3) is 0 Å². The zero-order valence-electron chi connectivity index (χ0n) is 12.3. The zero-order valence-corrected chi connectivity index (χ0v) is 13.9. The average molecular weight is 345 g/mol. The molecule has 1 aromatic carbocycles. The molecule has 1 amide bonds. The molecule has 112 valence electrons. The second-order valence-electron chi connectivity index (χ2n) is 5.42. The molecule has 0 heterocycles. The largest absolute Gasteiger partial charge is 0.354 e. The first kappa shape index (κ1) is 17.1. The molecule has 0 aliphatic carbocycles. The highest BCUT2D eigenvalue weighted by molar-refractivity contribution is 9.10. The molecule has 0 saturated heterocycles. The molecule has 0 radical (unpaired) electrons. The van der Waals surface area contributed by atoms with Crippen molar-refractivity contribution in [2.24, 2.45) is 5.92 Å². The van der Waals surface area contributed by atoms with E-state index in [0.717, 1.165) is 5.56 Å². The van der Waals surface area contributed by atoms with Gasteiger partial charge in [0.15, 0.2) is 0 Å². The molecule has 2 N–H and O–H groups in total. The Morgan fingerprint density at radius 3 is 2.50 bits per heavy atom. The summed E-state index contributed by atoms with van der Waals surface area (Å²) in [5.41, 5.74) is 0.932. The van der Waals surface area contributed by atoms with E-state index in [0.29, 0.717) is 16.9 Å². The second kappa shape index (κ2) is 7.74. The van der Waals surface area contributed by atoms with E-state index in [4.69, 9.17) is 0 Å². The molecule has 0 spiro atoms. The Hall–Kier alpha value is -0.940. The maximum absolute atomic E-state index is 13.2. The highest BCUT2D eigenvalue weighted by Gasteiger charge is 2.16. The van der Waals surface area contributed by atoms with E-state index >= 15 is 0 Å². The Balaban J connectivity index is 2.58. The van der Waals surface area contributed by atoms with Crippen LogP contribution in [-0.4, -0.2) is 18.5 Å². The summed E-state index contributed by atoms with van der Waals surface area (Å²) in [5.74, 6) is 0.118. The van der Waals surface area contributed by atoms with E-state index in [9.17, 15) is 9.18 Å². The molecular formula is C15H22BrFN2O. The van der Waals surface area contributed by atoms with Crippen LogP contribution in [0.15, 0.2) is 22.7 Å². The van der Waals surface area contributed by atoms with Gasteiger partial charge in [-0.3, -0.25) is 10.1 Å². The Morgan fingerprint density at radius 2 is 1.95 bits per heavy atom. The molecule has 20 heavy (non-hydrogen) atoms. The van der Waals surface area contributed by atoms with Crippen LogP contribution in [-0.2, 0) is 4.79 Å². The summed E-state index contributed by atoms with van der Waals surface area (Å²) in [5, 5.41) is 6.10. The molecule has 0 aromatic heterocycles. The molecule has 3 nitrogen and oxygen atoms in total. The SMILES string of the molecule is CC(C)CNC(=O)C(C)NC(C)c1ccc(F)c(Br)c1. The maximum atomic E-state index is 13.2. The first-order valence-corrected chi connectivity index (χ1v) is 7.59. The lowest BCUT2D eigenvalue weighted by atomic mass is 10.1. The molecule has 0 bridgehead atoms. The van der Waals surface area contributed by atoms with Crippen molar-refractivity contribution in [2.45, 2.75) is 39.8 Å². The third-order valence-corrected chi connectivity index (χ3v) is 3.63. The third-order valence-electron chi connectivity index (χ3n) is 3.02. The molecule has 5 heteroatoms. The van der Waals surface area contributed by atoms with Crippen molar-refractivity contribution >= 4 is 21.8 Å². The van der Waals surface area contributed by atoms with Crippen molar-refractivity contribution in [2.75, 3.05) is 6.54 Å². The van der Waals surface area contributed by atoms with Gasteiger partial charge in [-0.1, -0.05) is 19.9 Å². The van der Waals surface area contributed by atoms with Gasteiger partial charge < -0.3 is 5.32 Å². The standard InChI is InChI=1S/C15H22BrFN2O/c1-9(2)8-18-15(20)11(4)19-10(3)12-5-6-14(17)13(16)7-12/h5-7,9-11,19H,8H2,1-4H3,(H,18,20). The molecule has 1 rings (SSSR count).